The number of amides is 1. The summed E-state index contributed by atoms with van der Waals surface area (Å²) in [6, 6.07) is 14.2. The third-order valence-electron chi connectivity index (χ3n) is 4.92. The first-order valence-electron chi connectivity index (χ1n) is 8.91. The van der Waals surface area contributed by atoms with Crippen molar-refractivity contribution in [3.8, 4) is 11.5 Å². The van der Waals surface area contributed by atoms with Gasteiger partial charge in [0.2, 0.25) is 5.91 Å². The zero-order chi connectivity index (χ0) is 17.2. The van der Waals surface area contributed by atoms with E-state index in [0.29, 0.717) is 12.5 Å². The summed E-state index contributed by atoms with van der Waals surface area (Å²) >= 11 is 0. The van der Waals surface area contributed by atoms with Crippen molar-refractivity contribution in [1.82, 2.24) is 0 Å². The summed E-state index contributed by atoms with van der Waals surface area (Å²) in [5.74, 6) is 2.49. The highest BCUT2D eigenvalue weighted by atomic mass is 16.5. The Morgan fingerprint density at radius 2 is 2.08 bits per heavy atom. The van der Waals surface area contributed by atoms with E-state index in [-0.39, 0.29) is 11.8 Å². The summed E-state index contributed by atoms with van der Waals surface area (Å²) in [5.41, 5.74) is 3.33. The topological polar surface area (TPSA) is 47.6 Å². The predicted molar refractivity (Wildman–Crippen MR) is 97.2 cm³/mol. The third-order valence-corrected chi connectivity index (χ3v) is 4.92. The summed E-state index contributed by atoms with van der Waals surface area (Å²) < 4.78 is 11.3. The maximum Gasteiger partial charge on any atom is 0.227 e. The Labute approximate surface area is 148 Å². The molecule has 1 saturated carbocycles. The third kappa shape index (κ3) is 3.63. The molecule has 4 rings (SSSR count). The number of benzene rings is 2. The van der Waals surface area contributed by atoms with E-state index in [1.165, 1.54) is 11.1 Å². The van der Waals surface area contributed by atoms with Crippen molar-refractivity contribution in [2.75, 3.05) is 19.0 Å². The van der Waals surface area contributed by atoms with E-state index in [1.54, 1.807) is 7.11 Å². The van der Waals surface area contributed by atoms with Crippen molar-refractivity contribution in [2.45, 2.75) is 25.7 Å². The van der Waals surface area contributed by atoms with Gasteiger partial charge in [0, 0.05) is 17.5 Å². The van der Waals surface area contributed by atoms with E-state index in [4.69, 9.17) is 9.47 Å². The molecule has 1 N–H and O–H groups in total. The molecule has 25 heavy (non-hydrogen) atoms. The van der Waals surface area contributed by atoms with Crippen LogP contribution in [0.3, 0.4) is 0 Å². The molecule has 2 aromatic carbocycles. The van der Waals surface area contributed by atoms with Gasteiger partial charge in [-0.15, -0.1) is 0 Å². The van der Waals surface area contributed by atoms with Crippen LogP contribution in [0.2, 0.25) is 0 Å². The highest BCUT2D eigenvalue weighted by Crippen LogP contribution is 2.37. The number of fused-ring (bicyclic) bond motifs is 1. The number of ether oxygens (including phenoxy) is 2. The predicted octanol–water partition coefficient (Wildman–Crippen LogP) is 3.84. The number of hydrogen-bond acceptors (Lipinski definition) is 3. The molecule has 0 unspecified atom stereocenters. The van der Waals surface area contributed by atoms with E-state index in [0.717, 1.165) is 42.9 Å². The summed E-state index contributed by atoms with van der Waals surface area (Å²) in [4.78, 5) is 11.9. The van der Waals surface area contributed by atoms with Crippen LogP contribution < -0.4 is 14.8 Å². The molecule has 0 spiro atoms. The molecule has 1 aliphatic heterocycles. The highest BCUT2D eigenvalue weighted by molar-refractivity contribution is 5.94. The first kappa shape index (κ1) is 16.0. The molecule has 0 saturated heterocycles. The zero-order valence-electron chi connectivity index (χ0n) is 14.5. The van der Waals surface area contributed by atoms with Crippen LogP contribution >= 0.6 is 0 Å². The second-order valence-corrected chi connectivity index (χ2v) is 7.00. The van der Waals surface area contributed by atoms with Gasteiger partial charge in [-0.3, -0.25) is 4.79 Å². The largest absolute Gasteiger partial charge is 0.493 e. The molecule has 4 nitrogen and oxygen atoms in total. The number of methoxy groups -OCH3 is 1. The summed E-state index contributed by atoms with van der Waals surface area (Å²) in [6.07, 6.45) is 3.95. The Balaban J connectivity index is 1.43. The number of para-hydroxylation sites is 1. The van der Waals surface area contributed by atoms with Crippen molar-refractivity contribution in [3.63, 3.8) is 0 Å². The summed E-state index contributed by atoms with van der Waals surface area (Å²) in [6.45, 7) is 0.687. The minimum Gasteiger partial charge on any atom is -0.493 e. The Kier molecular flexibility index (Phi) is 4.35. The van der Waals surface area contributed by atoms with Crippen LogP contribution in [0.1, 0.15) is 24.0 Å². The van der Waals surface area contributed by atoms with Gasteiger partial charge in [-0.1, -0.05) is 24.3 Å². The smallest absolute Gasteiger partial charge is 0.227 e. The Morgan fingerprint density at radius 1 is 1.24 bits per heavy atom. The van der Waals surface area contributed by atoms with E-state index >= 15 is 0 Å². The maximum atomic E-state index is 11.9. The van der Waals surface area contributed by atoms with Crippen molar-refractivity contribution in [2.24, 2.45) is 11.8 Å². The van der Waals surface area contributed by atoms with Crippen molar-refractivity contribution in [1.29, 1.82) is 0 Å². The average molecular weight is 337 g/mol. The number of hydrogen-bond donors (Lipinski definition) is 1. The van der Waals surface area contributed by atoms with E-state index < -0.39 is 0 Å². The lowest BCUT2D eigenvalue weighted by Crippen LogP contribution is -2.23. The van der Waals surface area contributed by atoms with E-state index in [9.17, 15) is 4.79 Å². The fourth-order valence-corrected chi connectivity index (χ4v) is 3.45. The Hall–Kier alpha value is -2.49. The van der Waals surface area contributed by atoms with Gasteiger partial charge in [0.05, 0.1) is 13.7 Å². The fraction of sp³-hybridized carbons (Fsp3) is 0.381. The SMILES string of the molecule is COc1cccc2c1OC[C@@H](Cc1cccc(NC(=O)C3CC3)c1)C2. The van der Waals surface area contributed by atoms with Crippen molar-refractivity contribution >= 4 is 11.6 Å². The van der Waals surface area contributed by atoms with Crippen LogP contribution in [0.15, 0.2) is 42.5 Å². The van der Waals surface area contributed by atoms with E-state index in [1.807, 2.05) is 24.3 Å². The van der Waals surface area contributed by atoms with Crippen LogP contribution in [0, 0.1) is 11.8 Å². The van der Waals surface area contributed by atoms with Crippen molar-refractivity contribution < 1.29 is 14.3 Å². The normalized spacial score (nSPS) is 18.8. The molecule has 1 heterocycles. The molecule has 1 fully saturated rings. The van der Waals surface area contributed by atoms with Gasteiger partial charge < -0.3 is 14.8 Å². The molecule has 2 aliphatic rings. The Morgan fingerprint density at radius 3 is 2.88 bits per heavy atom. The lowest BCUT2D eigenvalue weighted by molar-refractivity contribution is -0.117. The first-order valence-corrected chi connectivity index (χ1v) is 8.91. The monoisotopic (exact) mass is 337 g/mol. The van der Waals surface area contributed by atoms with Gasteiger partial charge in [-0.25, -0.2) is 0 Å². The van der Waals surface area contributed by atoms with Gasteiger partial charge in [0.1, 0.15) is 0 Å². The number of anilines is 1. The molecule has 1 amide bonds. The average Bonchev–Trinajstić information content (AvgIpc) is 3.46. The molecule has 2 aromatic rings. The molecular formula is C21H23NO3. The zero-order valence-corrected chi connectivity index (χ0v) is 14.5. The Bertz CT molecular complexity index is 782. The molecule has 0 bridgehead atoms. The van der Waals surface area contributed by atoms with Gasteiger partial charge in [0.25, 0.3) is 0 Å². The molecule has 4 heteroatoms. The quantitative estimate of drug-likeness (QED) is 0.902. The lowest BCUT2D eigenvalue weighted by Gasteiger charge is -2.26. The standard InChI is InChI=1S/C21H23NO3/c1-24-19-7-3-5-17-11-15(13-25-20(17)19)10-14-4-2-6-18(12-14)22-21(23)16-8-9-16/h2-7,12,15-16H,8-11,13H2,1H3,(H,22,23)/t15-/m0/s1. The van der Waals surface area contributed by atoms with Crippen LogP contribution in [0.4, 0.5) is 5.69 Å². The number of rotatable bonds is 5. The molecule has 0 radical (unpaired) electrons. The second-order valence-electron chi connectivity index (χ2n) is 7.00. The minimum absolute atomic E-state index is 0.152. The number of nitrogens with one attached hydrogen (secondary N) is 1. The maximum absolute atomic E-state index is 11.9. The van der Waals surface area contributed by atoms with Crippen LogP contribution in [0.25, 0.3) is 0 Å². The van der Waals surface area contributed by atoms with Gasteiger partial charge in [-0.2, -0.15) is 0 Å². The molecule has 1 aliphatic carbocycles. The van der Waals surface area contributed by atoms with Crippen LogP contribution in [0.5, 0.6) is 11.5 Å². The van der Waals surface area contributed by atoms with Crippen molar-refractivity contribution in [3.05, 3.63) is 53.6 Å². The van der Waals surface area contributed by atoms with E-state index in [2.05, 4.69) is 23.5 Å². The van der Waals surface area contributed by atoms with Crippen LogP contribution in [-0.4, -0.2) is 19.6 Å². The highest BCUT2D eigenvalue weighted by Gasteiger charge is 2.29. The molecular weight excluding hydrogens is 314 g/mol. The minimum atomic E-state index is 0.152. The second kappa shape index (κ2) is 6.79. The number of carbonyl (C=O) groups excluding carboxylic acids is 1. The molecule has 0 aromatic heterocycles. The van der Waals surface area contributed by atoms with Gasteiger partial charge in [-0.05, 0) is 55.0 Å². The lowest BCUT2D eigenvalue weighted by atomic mass is 9.90. The van der Waals surface area contributed by atoms with Gasteiger partial charge >= 0.3 is 0 Å². The molecule has 130 valence electrons. The summed E-state index contributed by atoms with van der Waals surface area (Å²) in [7, 11) is 1.67. The van der Waals surface area contributed by atoms with Crippen LogP contribution in [-0.2, 0) is 17.6 Å². The number of carbonyl (C=O) groups is 1. The fourth-order valence-electron chi connectivity index (χ4n) is 3.45. The molecule has 1 atom stereocenters. The summed E-state index contributed by atoms with van der Waals surface area (Å²) in [5, 5.41) is 3.03. The first-order chi connectivity index (χ1) is 12.2. The van der Waals surface area contributed by atoms with Gasteiger partial charge in [0.15, 0.2) is 11.5 Å².